The minimum absolute atomic E-state index is 0.0860. The summed E-state index contributed by atoms with van der Waals surface area (Å²) in [6.07, 6.45) is 10.6. The molecule has 0 radical (unpaired) electrons. The van der Waals surface area contributed by atoms with Crippen LogP contribution in [0.1, 0.15) is 71.6 Å². The molecule has 8 atom stereocenters. The van der Waals surface area contributed by atoms with E-state index in [1.807, 2.05) is 0 Å². The molecule has 2 heteroatoms. The van der Waals surface area contributed by atoms with Gasteiger partial charge in [0.1, 0.15) is 0 Å². The Labute approximate surface area is 129 Å². The van der Waals surface area contributed by atoms with E-state index in [0.29, 0.717) is 17.3 Å². The molecule has 2 nitrogen and oxygen atoms in total. The van der Waals surface area contributed by atoms with Gasteiger partial charge in [-0.2, -0.15) is 0 Å². The summed E-state index contributed by atoms with van der Waals surface area (Å²) in [5.74, 6) is 2.75. The Kier molecular flexibility index (Phi) is 3.25. The molecular formula is C19H32O2. The Bertz CT molecular complexity index is 422. The second-order valence-corrected chi connectivity index (χ2v) is 9.32. The first-order valence-corrected chi connectivity index (χ1v) is 9.30. The van der Waals surface area contributed by atoms with Gasteiger partial charge in [0.15, 0.2) is 0 Å². The standard InChI is InChI=1S/C19H32O2/c1-18-8-3-4-15(18)14-6-5-12-10-13(20)7-9-19(12,2)17(14)16(21)11-18/h12-17,20-21H,3-11H2,1-2H3/t12-,13+,14-,15+,16-,17+,18+,19-/m0/s1. The van der Waals surface area contributed by atoms with E-state index in [1.54, 1.807) is 0 Å². The van der Waals surface area contributed by atoms with Crippen molar-refractivity contribution in [3.05, 3.63) is 0 Å². The van der Waals surface area contributed by atoms with Gasteiger partial charge in [-0.05, 0) is 85.9 Å². The molecule has 0 amide bonds. The Balaban J connectivity index is 1.67. The lowest BCUT2D eigenvalue weighted by Crippen LogP contribution is -2.58. The summed E-state index contributed by atoms with van der Waals surface area (Å²) in [6.45, 7) is 4.89. The molecule has 4 saturated carbocycles. The van der Waals surface area contributed by atoms with Crippen LogP contribution in [0.25, 0.3) is 0 Å². The molecule has 0 aliphatic heterocycles. The first kappa shape index (κ1) is 14.5. The van der Waals surface area contributed by atoms with Crippen LogP contribution in [0.2, 0.25) is 0 Å². The third-order valence-corrected chi connectivity index (χ3v) is 8.34. The van der Waals surface area contributed by atoms with Crippen LogP contribution in [0, 0.1) is 34.5 Å². The van der Waals surface area contributed by atoms with Crippen molar-refractivity contribution in [1.82, 2.24) is 0 Å². The van der Waals surface area contributed by atoms with Gasteiger partial charge in [-0.25, -0.2) is 0 Å². The molecule has 2 N–H and O–H groups in total. The third-order valence-electron chi connectivity index (χ3n) is 8.34. The van der Waals surface area contributed by atoms with Crippen LogP contribution in [0.15, 0.2) is 0 Å². The molecule has 0 aromatic carbocycles. The Morgan fingerprint density at radius 1 is 0.952 bits per heavy atom. The van der Waals surface area contributed by atoms with E-state index < -0.39 is 0 Å². The van der Waals surface area contributed by atoms with E-state index in [9.17, 15) is 10.2 Å². The van der Waals surface area contributed by atoms with Crippen molar-refractivity contribution in [1.29, 1.82) is 0 Å². The highest BCUT2D eigenvalue weighted by molar-refractivity contribution is 5.10. The zero-order chi connectivity index (χ0) is 14.8. The Hall–Kier alpha value is -0.0800. The van der Waals surface area contributed by atoms with E-state index in [-0.39, 0.29) is 17.6 Å². The van der Waals surface area contributed by atoms with Crippen LogP contribution >= 0.6 is 0 Å². The first-order valence-electron chi connectivity index (χ1n) is 9.30. The predicted molar refractivity (Wildman–Crippen MR) is 83.7 cm³/mol. The SMILES string of the molecule is C[C@]12CCC[C@@H]1[C@@H]1CC[C@H]3C[C@H](O)CC[C@]3(C)[C@H]1[C@@H](O)C2. The number of aliphatic hydroxyl groups is 2. The average molecular weight is 292 g/mol. The van der Waals surface area contributed by atoms with Crippen LogP contribution in [-0.2, 0) is 0 Å². The van der Waals surface area contributed by atoms with E-state index in [1.165, 1.54) is 32.1 Å². The van der Waals surface area contributed by atoms with Crippen molar-refractivity contribution in [2.75, 3.05) is 0 Å². The van der Waals surface area contributed by atoms with Gasteiger partial charge in [0, 0.05) is 0 Å². The Morgan fingerprint density at radius 2 is 1.76 bits per heavy atom. The topological polar surface area (TPSA) is 40.5 Å². The van der Waals surface area contributed by atoms with Crippen LogP contribution < -0.4 is 0 Å². The molecule has 0 bridgehead atoms. The van der Waals surface area contributed by atoms with Crippen molar-refractivity contribution in [3.8, 4) is 0 Å². The maximum Gasteiger partial charge on any atom is 0.0581 e. The van der Waals surface area contributed by atoms with Crippen LogP contribution in [0.5, 0.6) is 0 Å². The largest absolute Gasteiger partial charge is 0.393 e. The molecule has 4 rings (SSSR count). The summed E-state index contributed by atoms with van der Waals surface area (Å²) in [6, 6.07) is 0. The minimum Gasteiger partial charge on any atom is -0.393 e. The van der Waals surface area contributed by atoms with Gasteiger partial charge < -0.3 is 10.2 Å². The highest BCUT2D eigenvalue weighted by Crippen LogP contribution is 2.66. The van der Waals surface area contributed by atoms with E-state index in [0.717, 1.165) is 37.5 Å². The number of hydrogen-bond acceptors (Lipinski definition) is 2. The molecule has 4 fully saturated rings. The molecule has 21 heavy (non-hydrogen) atoms. The monoisotopic (exact) mass is 292 g/mol. The van der Waals surface area contributed by atoms with Gasteiger partial charge in [0.05, 0.1) is 12.2 Å². The molecule has 0 aromatic rings. The molecule has 0 spiro atoms. The maximum atomic E-state index is 11.0. The molecule has 0 heterocycles. The second-order valence-electron chi connectivity index (χ2n) is 9.32. The number of rotatable bonds is 0. The van der Waals surface area contributed by atoms with Gasteiger partial charge >= 0.3 is 0 Å². The average Bonchev–Trinajstić information content (AvgIpc) is 2.80. The van der Waals surface area contributed by atoms with Crippen molar-refractivity contribution in [3.63, 3.8) is 0 Å². The molecular weight excluding hydrogens is 260 g/mol. The van der Waals surface area contributed by atoms with Crippen molar-refractivity contribution >= 4 is 0 Å². The summed E-state index contributed by atoms with van der Waals surface area (Å²) >= 11 is 0. The summed E-state index contributed by atoms with van der Waals surface area (Å²) in [4.78, 5) is 0. The van der Waals surface area contributed by atoms with Crippen molar-refractivity contribution < 1.29 is 10.2 Å². The highest BCUT2D eigenvalue weighted by Gasteiger charge is 2.60. The normalized spacial score (nSPS) is 60.0. The summed E-state index contributed by atoms with van der Waals surface area (Å²) in [7, 11) is 0. The smallest absolute Gasteiger partial charge is 0.0581 e. The third kappa shape index (κ3) is 1.97. The summed E-state index contributed by atoms with van der Waals surface area (Å²) in [5.41, 5.74) is 0.698. The molecule has 4 aliphatic carbocycles. The van der Waals surface area contributed by atoms with Gasteiger partial charge in [0.2, 0.25) is 0 Å². The van der Waals surface area contributed by atoms with Crippen molar-refractivity contribution in [2.45, 2.75) is 83.8 Å². The van der Waals surface area contributed by atoms with Gasteiger partial charge in [-0.1, -0.05) is 20.3 Å². The van der Waals surface area contributed by atoms with Crippen molar-refractivity contribution in [2.24, 2.45) is 34.5 Å². The van der Waals surface area contributed by atoms with Crippen LogP contribution in [0.4, 0.5) is 0 Å². The van der Waals surface area contributed by atoms with Crippen LogP contribution in [0.3, 0.4) is 0 Å². The summed E-state index contributed by atoms with van der Waals surface area (Å²) in [5, 5.41) is 21.1. The molecule has 120 valence electrons. The first-order chi connectivity index (χ1) is 9.94. The number of aliphatic hydroxyl groups excluding tert-OH is 2. The van der Waals surface area contributed by atoms with Crippen LogP contribution in [-0.4, -0.2) is 22.4 Å². The highest BCUT2D eigenvalue weighted by atomic mass is 16.3. The molecule has 0 unspecified atom stereocenters. The minimum atomic E-state index is -0.0996. The fraction of sp³-hybridized carbons (Fsp3) is 1.00. The van der Waals surface area contributed by atoms with E-state index in [2.05, 4.69) is 13.8 Å². The zero-order valence-electron chi connectivity index (χ0n) is 13.7. The zero-order valence-corrected chi connectivity index (χ0v) is 13.7. The quantitative estimate of drug-likeness (QED) is 0.714. The Morgan fingerprint density at radius 3 is 2.57 bits per heavy atom. The van der Waals surface area contributed by atoms with Gasteiger partial charge in [0.25, 0.3) is 0 Å². The molecule has 0 aromatic heterocycles. The maximum absolute atomic E-state index is 11.0. The number of hydrogen-bond donors (Lipinski definition) is 2. The molecule has 4 aliphatic rings. The fourth-order valence-electron chi connectivity index (χ4n) is 7.37. The fourth-order valence-corrected chi connectivity index (χ4v) is 7.37. The predicted octanol–water partition coefficient (Wildman–Crippen LogP) is 3.75. The lowest BCUT2D eigenvalue weighted by atomic mass is 9.44. The van der Waals surface area contributed by atoms with E-state index >= 15 is 0 Å². The lowest BCUT2D eigenvalue weighted by molar-refractivity contribution is -0.171. The number of fused-ring (bicyclic) bond motifs is 5. The summed E-state index contributed by atoms with van der Waals surface area (Å²) < 4.78 is 0. The lowest BCUT2D eigenvalue weighted by Gasteiger charge is -2.61. The van der Waals surface area contributed by atoms with Gasteiger partial charge in [-0.15, -0.1) is 0 Å². The van der Waals surface area contributed by atoms with Gasteiger partial charge in [-0.3, -0.25) is 0 Å². The van der Waals surface area contributed by atoms with E-state index in [4.69, 9.17) is 0 Å². The molecule has 0 saturated heterocycles. The second kappa shape index (κ2) is 4.71.